The third-order valence-electron chi connectivity index (χ3n) is 5.62. The van der Waals surface area contributed by atoms with Gasteiger partial charge in [-0.25, -0.2) is 4.98 Å². The fraction of sp³-hybridized carbons (Fsp3) is 0.0741. The lowest BCUT2D eigenvalue weighted by atomic mass is 10.0. The second-order valence-electron chi connectivity index (χ2n) is 7.76. The number of aromatic nitrogens is 2. The normalized spacial score (nSPS) is 11.1. The van der Waals surface area contributed by atoms with Gasteiger partial charge in [-0.05, 0) is 35.7 Å². The van der Waals surface area contributed by atoms with Crippen molar-refractivity contribution >= 4 is 38.9 Å². The topological polar surface area (TPSA) is 52.0 Å². The molecule has 3 aromatic carbocycles. The molecule has 0 saturated carbocycles. The number of Topliss-reactive ketones (excluding diaryl/α,β-unsaturated/α-hetero) is 1. The molecular formula is C27H19ClN2O2S. The minimum absolute atomic E-state index is 0.0680. The molecule has 0 N–H and O–H groups in total. The Kier molecular flexibility index (Phi) is 5.67. The molecule has 4 nitrogen and oxygen atoms in total. The van der Waals surface area contributed by atoms with Gasteiger partial charge in [0.1, 0.15) is 4.83 Å². The van der Waals surface area contributed by atoms with Crippen LogP contribution in [-0.2, 0) is 6.54 Å². The van der Waals surface area contributed by atoms with Crippen LogP contribution in [0, 0.1) is 6.92 Å². The lowest BCUT2D eigenvalue weighted by Gasteiger charge is -2.07. The van der Waals surface area contributed by atoms with Gasteiger partial charge in [0, 0.05) is 21.0 Å². The number of ketones is 1. The molecule has 0 saturated heterocycles. The number of thiophene rings is 1. The fourth-order valence-corrected chi connectivity index (χ4v) is 5.07. The summed E-state index contributed by atoms with van der Waals surface area (Å²) in [7, 11) is 0. The number of hydrogen-bond donors (Lipinski definition) is 0. The van der Waals surface area contributed by atoms with Gasteiger partial charge in [-0.15, -0.1) is 11.3 Å². The highest BCUT2D eigenvalue weighted by atomic mass is 35.5. The van der Waals surface area contributed by atoms with Gasteiger partial charge in [-0.2, -0.15) is 0 Å². The average molecular weight is 471 g/mol. The predicted molar refractivity (Wildman–Crippen MR) is 135 cm³/mol. The smallest absolute Gasteiger partial charge is 0.263 e. The van der Waals surface area contributed by atoms with Crippen molar-refractivity contribution in [2.75, 3.05) is 0 Å². The second-order valence-corrected chi connectivity index (χ2v) is 9.40. The molecule has 5 aromatic rings. The molecular weight excluding hydrogens is 452 g/mol. The quantitative estimate of drug-likeness (QED) is 0.271. The Morgan fingerprint density at radius 1 is 0.909 bits per heavy atom. The molecule has 0 aliphatic rings. The van der Waals surface area contributed by atoms with E-state index in [9.17, 15) is 9.59 Å². The van der Waals surface area contributed by atoms with Gasteiger partial charge in [0.2, 0.25) is 0 Å². The SMILES string of the molecule is Cc1sc2ncn(CC(=O)c3ccc(-c4ccccc4)cc3)c(=O)c2c1-c1ccc(Cl)cc1. The summed E-state index contributed by atoms with van der Waals surface area (Å²) < 4.78 is 1.39. The third kappa shape index (κ3) is 4.13. The van der Waals surface area contributed by atoms with E-state index < -0.39 is 0 Å². The van der Waals surface area contributed by atoms with Gasteiger partial charge in [-0.3, -0.25) is 14.2 Å². The molecule has 0 bridgehead atoms. The van der Waals surface area contributed by atoms with E-state index in [1.807, 2.05) is 61.5 Å². The molecule has 0 unspecified atom stereocenters. The molecule has 6 heteroatoms. The number of hydrogen-bond acceptors (Lipinski definition) is 4. The van der Waals surface area contributed by atoms with Gasteiger partial charge < -0.3 is 0 Å². The van der Waals surface area contributed by atoms with Crippen LogP contribution in [-0.4, -0.2) is 15.3 Å². The van der Waals surface area contributed by atoms with E-state index in [1.165, 1.54) is 22.2 Å². The number of rotatable bonds is 5. The van der Waals surface area contributed by atoms with E-state index in [-0.39, 0.29) is 17.9 Å². The summed E-state index contributed by atoms with van der Waals surface area (Å²) in [6, 6.07) is 24.8. The molecule has 0 aliphatic carbocycles. The van der Waals surface area contributed by atoms with E-state index in [4.69, 9.17) is 11.6 Å². The number of aryl methyl sites for hydroxylation is 1. The molecule has 0 spiro atoms. The number of carbonyl (C=O) groups excluding carboxylic acids is 1. The summed E-state index contributed by atoms with van der Waals surface area (Å²) in [5.41, 5.74) is 4.21. The van der Waals surface area contributed by atoms with Crippen LogP contribution in [0.1, 0.15) is 15.2 Å². The first-order valence-electron chi connectivity index (χ1n) is 10.4. The van der Waals surface area contributed by atoms with Crippen LogP contribution in [0.3, 0.4) is 0 Å². The molecule has 0 fully saturated rings. The van der Waals surface area contributed by atoms with Gasteiger partial charge in [0.05, 0.1) is 18.3 Å². The Morgan fingerprint density at radius 3 is 2.24 bits per heavy atom. The van der Waals surface area contributed by atoms with Crippen LogP contribution in [0.5, 0.6) is 0 Å². The van der Waals surface area contributed by atoms with Crippen molar-refractivity contribution in [2.24, 2.45) is 0 Å². The summed E-state index contributed by atoms with van der Waals surface area (Å²) in [5.74, 6) is -0.141. The van der Waals surface area contributed by atoms with Crippen molar-refractivity contribution in [3.8, 4) is 22.3 Å². The van der Waals surface area contributed by atoms with Crippen LogP contribution < -0.4 is 5.56 Å². The molecule has 2 heterocycles. The first kappa shape index (κ1) is 21.3. The van der Waals surface area contributed by atoms with Crippen molar-refractivity contribution in [3.05, 3.63) is 111 Å². The maximum absolute atomic E-state index is 13.4. The number of fused-ring (bicyclic) bond motifs is 1. The van der Waals surface area contributed by atoms with Gasteiger partial charge in [0.25, 0.3) is 5.56 Å². The predicted octanol–water partition coefficient (Wildman–Crippen LogP) is 6.64. The molecule has 0 aliphatic heterocycles. The molecule has 0 radical (unpaired) electrons. The molecule has 2 aromatic heterocycles. The van der Waals surface area contributed by atoms with E-state index in [1.54, 1.807) is 24.3 Å². The van der Waals surface area contributed by atoms with Gasteiger partial charge in [-0.1, -0.05) is 78.3 Å². The Balaban J connectivity index is 1.47. The minimum Gasteiger partial charge on any atom is -0.292 e. The third-order valence-corrected chi connectivity index (χ3v) is 6.88. The molecule has 0 atom stereocenters. The molecule has 162 valence electrons. The Bertz CT molecular complexity index is 1520. The van der Waals surface area contributed by atoms with Crippen LogP contribution >= 0.6 is 22.9 Å². The number of halogens is 1. The highest BCUT2D eigenvalue weighted by molar-refractivity contribution is 7.19. The van der Waals surface area contributed by atoms with Crippen LogP contribution in [0.25, 0.3) is 32.5 Å². The standard InChI is InChI=1S/C27H19ClN2O2S/c1-17-24(21-11-13-22(28)14-12-21)25-26(33-17)29-16-30(27(25)32)15-23(31)20-9-7-19(8-10-20)18-5-3-2-4-6-18/h2-14,16H,15H2,1H3. The maximum Gasteiger partial charge on any atom is 0.263 e. The zero-order chi connectivity index (χ0) is 22.9. The zero-order valence-electron chi connectivity index (χ0n) is 17.8. The fourth-order valence-electron chi connectivity index (χ4n) is 3.94. The number of nitrogens with zero attached hydrogens (tertiary/aromatic N) is 2. The summed E-state index contributed by atoms with van der Waals surface area (Å²) in [5, 5.41) is 1.17. The van der Waals surface area contributed by atoms with E-state index in [0.29, 0.717) is 20.8 Å². The Hall–Kier alpha value is -3.54. The van der Waals surface area contributed by atoms with Gasteiger partial charge in [0.15, 0.2) is 5.78 Å². The highest BCUT2D eigenvalue weighted by Crippen LogP contribution is 2.35. The second kappa shape index (κ2) is 8.77. The zero-order valence-corrected chi connectivity index (χ0v) is 19.4. The van der Waals surface area contributed by atoms with Crippen LogP contribution in [0.4, 0.5) is 0 Å². The highest BCUT2D eigenvalue weighted by Gasteiger charge is 2.18. The summed E-state index contributed by atoms with van der Waals surface area (Å²) >= 11 is 7.51. The Morgan fingerprint density at radius 2 is 1.55 bits per heavy atom. The summed E-state index contributed by atoms with van der Waals surface area (Å²) in [6.45, 7) is 1.90. The van der Waals surface area contributed by atoms with Crippen LogP contribution in [0.15, 0.2) is 90.0 Å². The molecule has 33 heavy (non-hydrogen) atoms. The van der Waals surface area contributed by atoms with Crippen molar-refractivity contribution in [3.63, 3.8) is 0 Å². The number of benzene rings is 3. The molecule has 0 amide bonds. The summed E-state index contributed by atoms with van der Waals surface area (Å²) in [6.07, 6.45) is 1.46. The molecule has 5 rings (SSSR count). The average Bonchev–Trinajstić information content (AvgIpc) is 3.18. The summed E-state index contributed by atoms with van der Waals surface area (Å²) in [4.78, 5) is 32.4. The lowest BCUT2D eigenvalue weighted by Crippen LogP contribution is -2.24. The lowest BCUT2D eigenvalue weighted by molar-refractivity contribution is 0.0970. The van der Waals surface area contributed by atoms with E-state index in [2.05, 4.69) is 4.98 Å². The Labute approximate surface area is 199 Å². The van der Waals surface area contributed by atoms with E-state index in [0.717, 1.165) is 27.1 Å². The first-order valence-corrected chi connectivity index (χ1v) is 11.6. The monoisotopic (exact) mass is 470 g/mol. The largest absolute Gasteiger partial charge is 0.292 e. The van der Waals surface area contributed by atoms with Crippen LogP contribution in [0.2, 0.25) is 5.02 Å². The maximum atomic E-state index is 13.4. The van der Waals surface area contributed by atoms with Crippen molar-refractivity contribution in [2.45, 2.75) is 13.5 Å². The first-order chi connectivity index (χ1) is 16.0. The van der Waals surface area contributed by atoms with Crippen molar-refractivity contribution in [1.82, 2.24) is 9.55 Å². The minimum atomic E-state index is -0.219. The van der Waals surface area contributed by atoms with Crippen molar-refractivity contribution < 1.29 is 4.79 Å². The van der Waals surface area contributed by atoms with E-state index >= 15 is 0 Å². The number of carbonyl (C=O) groups is 1. The van der Waals surface area contributed by atoms with Gasteiger partial charge >= 0.3 is 0 Å². The van der Waals surface area contributed by atoms with Crippen molar-refractivity contribution in [1.29, 1.82) is 0 Å².